The molecule has 6 heteroatoms. The Bertz CT molecular complexity index is 272. The van der Waals surface area contributed by atoms with Crippen molar-refractivity contribution in [1.29, 1.82) is 0 Å². The molecule has 0 saturated carbocycles. The van der Waals surface area contributed by atoms with Crippen molar-refractivity contribution >= 4 is 42.1 Å². The van der Waals surface area contributed by atoms with Crippen LogP contribution in [-0.2, 0) is 0 Å². The molecular weight excluding hydrogens is 256 g/mol. The highest BCUT2D eigenvalue weighted by molar-refractivity contribution is 6.29. The highest BCUT2D eigenvalue weighted by Gasteiger charge is 2.09. The molecule has 0 atom stereocenters. The van der Waals surface area contributed by atoms with E-state index in [0.29, 0.717) is 5.15 Å². The number of rotatable bonds is 1. The molecule has 3 nitrogen and oxygen atoms in total. The fraction of sp³-hybridized carbons (Fsp3) is 0.444. The molecule has 0 bridgehead atoms. The van der Waals surface area contributed by atoms with Gasteiger partial charge in [-0.2, -0.15) is 0 Å². The molecule has 0 spiro atoms. The minimum absolute atomic E-state index is 0. The standard InChI is InChI=1S/C9H12ClN3.2ClH/c10-9-2-1-8(7-12-9)13-5-3-11-4-6-13;;/h1-2,7,11H,3-6H2;2*1H. The number of nitrogens with zero attached hydrogens (tertiary/aromatic N) is 2. The highest BCUT2D eigenvalue weighted by atomic mass is 35.5. The quantitative estimate of drug-likeness (QED) is 0.791. The first-order valence-electron chi connectivity index (χ1n) is 4.43. The van der Waals surface area contributed by atoms with Crippen molar-refractivity contribution in [2.45, 2.75) is 0 Å². The molecule has 1 fully saturated rings. The van der Waals surface area contributed by atoms with Gasteiger partial charge < -0.3 is 10.2 Å². The lowest BCUT2D eigenvalue weighted by Crippen LogP contribution is -2.43. The second-order valence-electron chi connectivity index (χ2n) is 3.08. The van der Waals surface area contributed by atoms with Crippen LogP contribution in [-0.4, -0.2) is 31.2 Å². The number of anilines is 1. The van der Waals surface area contributed by atoms with Crippen molar-refractivity contribution in [2.75, 3.05) is 31.1 Å². The van der Waals surface area contributed by atoms with E-state index in [1.54, 1.807) is 0 Å². The lowest BCUT2D eigenvalue weighted by molar-refractivity contribution is 0.589. The van der Waals surface area contributed by atoms with Crippen molar-refractivity contribution < 1.29 is 0 Å². The van der Waals surface area contributed by atoms with Crippen LogP contribution in [0.5, 0.6) is 0 Å². The van der Waals surface area contributed by atoms with E-state index in [-0.39, 0.29) is 24.8 Å². The van der Waals surface area contributed by atoms with Crippen LogP contribution in [0.1, 0.15) is 0 Å². The Labute approximate surface area is 107 Å². The van der Waals surface area contributed by atoms with Gasteiger partial charge in [0.1, 0.15) is 5.15 Å². The number of nitrogens with one attached hydrogen (secondary N) is 1. The van der Waals surface area contributed by atoms with Crippen LogP contribution in [0.25, 0.3) is 0 Å². The molecule has 1 saturated heterocycles. The maximum absolute atomic E-state index is 5.71. The van der Waals surface area contributed by atoms with Crippen molar-refractivity contribution in [3.05, 3.63) is 23.5 Å². The van der Waals surface area contributed by atoms with Gasteiger partial charge >= 0.3 is 0 Å². The lowest BCUT2D eigenvalue weighted by atomic mass is 10.3. The summed E-state index contributed by atoms with van der Waals surface area (Å²) in [5.41, 5.74) is 1.16. The van der Waals surface area contributed by atoms with Gasteiger partial charge in [0.2, 0.25) is 0 Å². The largest absolute Gasteiger partial charge is 0.368 e. The van der Waals surface area contributed by atoms with Crippen molar-refractivity contribution in [2.24, 2.45) is 0 Å². The fourth-order valence-corrected chi connectivity index (χ4v) is 1.59. The molecule has 86 valence electrons. The average Bonchev–Trinajstić information content (AvgIpc) is 2.20. The average molecular weight is 271 g/mol. The van der Waals surface area contributed by atoms with Crippen LogP contribution in [0, 0.1) is 0 Å². The zero-order valence-electron chi connectivity index (χ0n) is 8.15. The van der Waals surface area contributed by atoms with Crippen LogP contribution in [0.4, 0.5) is 5.69 Å². The van der Waals surface area contributed by atoms with Gasteiger partial charge in [-0.05, 0) is 12.1 Å². The van der Waals surface area contributed by atoms with E-state index in [2.05, 4.69) is 15.2 Å². The molecule has 0 aromatic carbocycles. The van der Waals surface area contributed by atoms with Gasteiger partial charge in [-0.25, -0.2) is 4.98 Å². The van der Waals surface area contributed by atoms with Gasteiger partial charge in [0, 0.05) is 26.2 Å². The Kier molecular flexibility index (Phi) is 7.02. The molecule has 1 aliphatic heterocycles. The third-order valence-corrected chi connectivity index (χ3v) is 2.42. The molecule has 1 aromatic rings. The van der Waals surface area contributed by atoms with Gasteiger partial charge in [0.15, 0.2) is 0 Å². The van der Waals surface area contributed by atoms with E-state index < -0.39 is 0 Å². The summed E-state index contributed by atoms with van der Waals surface area (Å²) in [5.74, 6) is 0. The van der Waals surface area contributed by atoms with Crippen molar-refractivity contribution in [1.82, 2.24) is 10.3 Å². The maximum atomic E-state index is 5.71. The number of aromatic nitrogens is 1. The first-order chi connectivity index (χ1) is 6.36. The molecule has 1 aromatic heterocycles. The first kappa shape index (κ1) is 14.8. The summed E-state index contributed by atoms with van der Waals surface area (Å²) in [7, 11) is 0. The second kappa shape index (κ2) is 7.12. The molecule has 15 heavy (non-hydrogen) atoms. The Morgan fingerprint density at radius 3 is 2.40 bits per heavy atom. The van der Waals surface area contributed by atoms with E-state index in [1.165, 1.54) is 0 Å². The fourth-order valence-electron chi connectivity index (χ4n) is 1.48. The first-order valence-corrected chi connectivity index (χ1v) is 4.81. The minimum atomic E-state index is 0. The van der Waals surface area contributed by atoms with Gasteiger partial charge in [0.05, 0.1) is 11.9 Å². The zero-order chi connectivity index (χ0) is 9.10. The lowest BCUT2D eigenvalue weighted by Gasteiger charge is -2.28. The maximum Gasteiger partial charge on any atom is 0.129 e. The molecule has 0 aliphatic carbocycles. The summed E-state index contributed by atoms with van der Waals surface area (Å²) in [6.07, 6.45) is 1.83. The number of hydrogen-bond donors (Lipinski definition) is 1. The predicted molar refractivity (Wildman–Crippen MR) is 68.8 cm³/mol. The van der Waals surface area contributed by atoms with E-state index >= 15 is 0 Å². The SMILES string of the molecule is Cl.Cl.Clc1ccc(N2CCNCC2)cn1. The van der Waals surface area contributed by atoms with Gasteiger partial charge in [0.25, 0.3) is 0 Å². The van der Waals surface area contributed by atoms with Gasteiger partial charge in [-0.15, -0.1) is 24.8 Å². The summed E-state index contributed by atoms with van der Waals surface area (Å²) in [6, 6.07) is 3.85. The van der Waals surface area contributed by atoms with E-state index in [1.807, 2.05) is 18.3 Å². The summed E-state index contributed by atoms with van der Waals surface area (Å²) in [5, 5.41) is 3.86. The van der Waals surface area contributed by atoms with Crippen LogP contribution in [0.2, 0.25) is 5.15 Å². The molecular formula is C9H14Cl3N3. The van der Waals surface area contributed by atoms with Crippen LogP contribution in [0.3, 0.4) is 0 Å². The van der Waals surface area contributed by atoms with Gasteiger partial charge in [-0.1, -0.05) is 11.6 Å². The van der Waals surface area contributed by atoms with E-state index in [0.717, 1.165) is 31.9 Å². The Hall–Kier alpha value is -0.220. The number of piperazine rings is 1. The number of hydrogen-bond acceptors (Lipinski definition) is 3. The van der Waals surface area contributed by atoms with E-state index in [9.17, 15) is 0 Å². The third-order valence-electron chi connectivity index (χ3n) is 2.19. The monoisotopic (exact) mass is 269 g/mol. The summed E-state index contributed by atoms with van der Waals surface area (Å²) < 4.78 is 0. The van der Waals surface area contributed by atoms with Crippen molar-refractivity contribution in [3.63, 3.8) is 0 Å². The Balaban J connectivity index is 0.000000980. The second-order valence-corrected chi connectivity index (χ2v) is 3.46. The van der Waals surface area contributed by atoms with Crippen molar-refractivity contribution in [3.8, 4) is 0 Å². The number of pyridine rings is 1. The van der Waals surface area contributed by atoms with Gasteiger partial charge in [-0.3, -0.25) is 0 Å². The predicted octanol–water partition coefficient (Wildman–Crippen LogP) is 1.99. The topological polar surface area (TPSA) is 28.2 Å². The molecule has 2 heterocycles. The molecule has 0 amide bonds. The molecule has 1 aliphatic rings. The highest BCUT2D eigenvalue weighted by Crippen LogP contribution is 2.15. The van der Waals surface area contributed by atoms with Crippen LogP contribution in [0.15, 0.2) is 18.3 Å². The summed E-state index contributed by atoms with van der Waals surface area (Å²) in [6.45, 7) is 4.18. The third kappa shape index (κ3) is 4.03. The smallest absolute Gasteiger partial charge is 0.129 e. The minimum Gasteiger partial charge on any atom is -0.368 e. The molecule has 2 rings (SSSR count). The summed E-state index contributed by atoms with van der Waals surface area (Å²) in [4.78, 5) is 6.36. The Morgan fingerprint density at radius 1 is 1.20 bits per heavy atom. The normalized spacial score (nSPS) is 15.1. The van der Waals surface area contributed by atoms with E-state index in [4.69, 9.17) is 11.6 Å². The molecule has 1 N–H and O–H groups in total. The zero-order valence-corrected chi connectivity index (χ0v) is 10.5. The molecule has 0 unspecified atom stereocenters. The Morgan fingerprint density at radius 2 is 1.87 bits per heavy atom. The molecule has 0 radical (unpaired) electrons. The van der Waals surface area contributed by atoms with Crippen LogP contribution < -0.4 is 10.2 Å². The summed E-state index contributed by atoms with van der Waals surface area (Å²) >= 11 is 5.71. The number of halogens is 3. The van der Waals surface area contributed by atoms with Crippen LogP contribution >= 0.6 is 36.4 Å².